The van der Waals surface area contributed by atoms with E-state index in [1.165, 1.54) is 0 Å². The third-order valence-corrected chi connectivity index (χ3v) is 5.41. The Labute approximate surface area is 177 Å². The smallest absolute Gasteiger partial charge is 0.274 e. The maximum Gasteiger partial charge on any atom is 0.274 e. The Bertz CT molecular complexity index is 1420. The number of nitrogens with one attached hydrogen (secondary N) is 1. The minimum absolute atomic E-state index is 0.201. The molecule has 2 aromatic carbocycles. The number of amides is 1. The Morgan fingerprint density at radius 2 is 1.61 bits per heavy atom. The van der Waals surface area contributed by atoms with Crippen molar-refractivity contribution >= 4 is 28.8 Å². The number of hydrogen-bond acceptors (Lipinski definition) is 5. The molecule has 2 heterocycles. The Morgan fingerprint density at radius 1 is 0.935 bits per heavy atom. The minimum atomic E-state index is -0.381. The molecule has 7 heteroatoms. The first-order chi connectivity index (χ1) is 15.0. The molecule has 0 radical (unpaired) electrons. The van der Waals surface area contributed by atoms with Gasteiger partial charge in [-0.3, -0.25) is 18.8 Å². The standard InChI is InChI=1S/C24H17N3O4/c1-13-20(27-11-5-8-19(31-2)23(27)25-13)24(30)26-14-9-10-17-18(12-14)22(29)16-7-4-3-6-15(16)21(17)28/h3-12H,1-2H3,(H,26,30). The molecule has 2 aromatic heterocycles. The van der Waals surface area contributed by atoms with Crippen LogP contribution in [0, 0.1) is 6.92 Å². The van der Waals surface area contributed by atoms with E-state index in [-0.39, 0.29) is 23.0 Å². The van der Waals surface area contributed by atoms with Crippen LogP contribution in [0.3, 0.4) is 0 Å². The fraction of sp³-hybridized carbons (Fsp3) is 0.0833. The molecule has 0 unspecified atom stereocenters. The van der Waals surface area contributed by atoms with Gasteiger partial charge in [0.1, 0.15) is 5.69 Å². The Morgan fingerprint density at radius 3 is 2.32 bits per heavy atom. The van der Waals surface area contributed by atoms with Gasteiger partial charge in [-0.2, -0.15) is 0 Å². The zero-order valence-electron chi connectivity index (χ0n) is 16.8. The number of ether oxygens (including phenoxy) is 1. The second kappa shape index (κ2) is 6.91. The van der Waals surface area contributed by atoms with Crippen LogP contribution in [0.5, 0.6) is 5.75 Å². The van der Waals surface area contributed by atoms with Gasteiger partial charge in [-0.25, -0.2) is 4.98 Å². The molecule has 4 aromatic rings. The van der Waals surface area contributed by atoms with Crippen LogP contribution >= 0.6 is 0 Å². The van der Waals surface area contributed by atoms with Crippen molar-refractivity contribution in [3.8, 4) is 5.75 Å². The van der Waals surface area contributed by atoms with E-state index in [0.29, 0.717) is 45.2 Å². The molecule has 152 valence electrons. The van der Waals surface area contributed by atoms with Gasteiger partial charge in [0.15, 0.2) is 23.0 Å². The number of fused-ring (bicyclic) bond motifs is 3. The van der Waals surface area contributed by atoms with Crippen molar-refractivity contribution in [2.24, 2.45) is 0 Å². The number of benzene rings is 2. The van der Waals surface area contributed by atoms with Crippen molar-refractivity contribution in [1.82, 2.24) is 9.38 Å². The van der Waals surface area contributed by atoms with Crippen molar-refractivity contribution in [2.45, 2.75) is 6.92 Å². The summed E-state index contributed by atoms with van der Waals surface area (Å²) >= 11 is 0. The van der Waals surface area contributed by atoms with Crippen LogP contribution in [-0.4, -0.2) is 34.0 Å². The number of pyridine rings is 1. The Kier molecular flexibility index (Phi) is 4.18. The lowest BCUT2D eigenvalue weighted by Gasteiger charge is -2.18. The highest BCUT2D eigenvalue weighted by atomic mass is 16.5. The number of anilines is 1. The molecule has 1 N–H and O–H groups in total. The molecule has 5 rings (SSSR count). The van der Waals surface area contributed by atoms with Gasteiger partial charge in [0, 0.05) is 34.1 Å². The van der Waals surface area contributed by atoms with Crippen LogP contribution in [0.2, 0.25) is 0 Å². The van der Waals surface area contributed by atoms with Gasteiger partial charge in [0.25, 0.3) is 5.91 Å². The number of carbonyl (C=O) groups excluding carboxylic acids is 3. The molecule has 1 aliphatic carbocycles. The van der Waals surface area contributed by atoms with Crippen LogP contribution in [0.15, 0.2) is 60.8 Å². The highest BCUT2D eigenvalue weighted by Gasteiger charge is 2.29. The number of hydrogen-bond donors (Lipinski definition) is 1. The van der Waals surface area contributed by atoms with Crippen molar-refractivity contribution in [3.05, 3.63) is 94.4 Å². The number of rotatable bonds is 3. The monoisotopic (exact) mass is 411 g/mol. The van der Waals surface area contributed by atoms with Crippen LogP contribution in [0.25, 0.3) is 5.65 Å². The Balaban J connectivity index is 1.52. The zero-order chi connectivity index (χ0) is 21.7. The summed E-state index contributed by atoms with van der Waals surface area (Å²) in [5.74, 6) is -0.265. The van der Waals surface area contributed by atoms with Crippen LogP contribution in [0.4, 0.5) is 5.69 Å². The van der Waals surface area contributed by atoms with Crippen molar-refractivity contribution in [2.75, 3.05) is 12.4 Å². The van der Waals surface area contributed by atoms with E-state index >= 15 is 0 Å². The third-order valence-electron chi connectivity index (χ3n) is 5.41. The second-order valence-corrected chi connectivity index (χ2v) is 7.23. The molecule has 0 aliphatic heterocycles. The summed E-state index contributed by atoms with van der Waals surface area (Å²) in [5, 5.41) is 2.82. The van der Waals surface area contributed by atoms with Gasteiger partial charge in [-0.1, -0.05) is 24.3 Å². The van der Waals surface area contributed by atoms with Crippen molar-refractivity contribution in [3.63, 3.8) is 0 Å². The maximum atomic E-state index is 13.1. The fourth-order valence-corrected chi connectivity index (χ4v) is 3.96. The van der Waals surface area contributed by atoms with Gasteiger partial charge in [-0.15, -0.1) is 0 Å². The zero-order valence-corrected chi connectivity index (χ0v) is 16.8. The summed E-state index contributed by atoms with van der Waals surface area (Å²) < 4.78 is 6.98. The van der Waals surface area contributed by atoms with E-state index in [1.807, 2.05) is 0 Å². The molecule has 7 nitrogen and oxygen atoms in total. The molecule has 0 fully saturated rings. The minimum Gasteiger partial charge on any atom is -0.493 e. The topological polar surface area (TPSA) is 89.8 Å². The number of methoxy groups -OCH3 is 1. The van der Waals surface area contributed by atoms with E-state index in [2.05, 4.69) is 10.3 Å². The molecule has 0 spiro atoms. The molecular formula is C24H17N3O4. The second-order valence-electron chi connectivity index (χ2n) is 7.23. The first kappa shape index (κ1) is 18.7. The molecule has 0 saturated carbocycles. The molecule has 1 aliphatic rings. The maximum absolute atomic E-state index is 13.1. The number of aryl methyl sites for hydroxylation is 1. The molecule has 0 saturated heterocycles. The van der Waals surface area contributed by atoms with Gasteiger partial charge in [-0.05, 0) is 37.3 Å². The number of aromatic nitrogens is 2. The SMILES string of the molecule is COc1cccn2c(C(=O)Nc3ccc4c(c3)C(=O)c3ccccc3C4=O)c(C)nc12. The fourth-order valence-electron chi connectivity index (χ4n) is 3.96. The lowest BCUT2D eigenvalue weighted by Crippen LogP contribution is -2.22. The summed E-state index contributed by atoms with van der Waals surface area (Å²) in [6.07, 6.45) is 1.73. The summed E-state index contributed by atoms with van der Waals surface area (Å²) in [4.78, 5) is 43.2. The first-order valence-corrected chi connectivity index (χ1v) is 9.65. The van der Waals surface area contributed by atoms with Gasteiger partial charge in [0.05, 0.1) is 12.8 Å². The van der Waals surface area contributed by atoms with Crippen LogP contribution < -0.4 is 10.1 Å². The van der Waals surface area contributed by atoms with Crippen LogP contribution in [-0.2, 0) is 0 Å². The molecule has 0 bridgehead atoms. The summed E-state index contributed by atoms with van der Waals surface area (Å²) in [7, 11) is 1.54. The van der Waals surface area contributed by atoms with E-state index in [1.54, 1.807) is 79.2 Å². The van der Waals surface area contributed by atoms with E-state index in [4.69, 9.17) is 4.74 Å². The average molecular weight is 411 g/mol. The largest absolute Gasteiger partial charge is 0.493 e. The highest BCUT2D eigenvalue weighted by Crippen LogP contribution is 2.29. The van der Waals surface area contributed by atoms with E-state index < -0.39 is 0 Å². The normalized spacial score (nSPS) is 12.5. The number of ketones is 2. The van der Waals surface area contributed by atoms with Crippen molar-refractivity contribution < 1.29 is 19.1 Å². The third kappa shape index (κ3) is 2.82. The lowest BCUT2D eigenvalue weighted by atomic mass is 9.84. The predicted molar refractivity (Wildman–Crippen MR) is 114 cm³/mol. The highest BCUT2D eigenvalue weighted by molar-refractivity contribution is 6.28. The molecule has 0 atom stereocenters. The van der Waals surface area contributed by atoms with E-state index in [0.717, 1.165) is 0 Å². The lowest BCUT2D eigenvalue weighted by molar-refractivity contribution is 0.0979. The Hall–Kier alpha value is -4.26. The molecule has 31 heavy (non-hydrogen) atoms. The van der Waals surface area contributed by atoms with Gasteiger partial charge >= 0.3 is 0 Å². The quantitative estimate of drug-likeness (QED) is 0.489. The first-order valence-electron chi connectivity index (χ1n) is 9.65. The molecular weight excluding hydrogens is 394 g/mol. The summed E-state index contributed by atoms with van der Waals surface area (Å²) in [6, 6.07) is 15.0. The van der Waals surface area contributed by atoms with E-state index in [9.17, 15) is 14.4 Å². The number of imidazole rings is 1. The van der Waals surface area contributed by atoms with Gasteiger partial charge in [0.2, 0.25) is 0 Å². The summed E-state index contributed by atoms with van der Waals surface area (Å²) in [5.41, 5.74) is 3.23. The molecule has 1 amide bonds. The summed E-state index contributed by atoms with van der Waals surface area (Å²) in [6.45, 7) is 1.74. The average Bonchev–Trinajstić information content (AvgIpc) is 3.13. The van der Waals surface area contributed by atoms with Crippen LogP contribution in [0.1, 0.15) is 48.0 Å². The van der Waals surface area contributed by atoms with Crippen molar-refractivity contribution in [1.29, 1.82) is 0 Å². The number of carbonyl (C=O) groups is 3. The predicted octanol–water partition coefficient (Wildman–Crippen LogP) is 3.68. The van der Waals surface area contributed by atoms with Gasteiger partial charge < -0.3 is 10.1 Å². The number of nitrogens with zero attached hydrogens (tertiary/aromatic N) is 2.